The molecule has 6 heteroatoms. The van der Waals surface area contributed by atoms with Crippen LogP contribution < -0.4 is 11.1 Å². The summed E-state index contributed by atoms with van der Waals surface area (Å²) in [7, 11) is 4.06. The van der Waals surface area contributed by atoms with Gasteiger partial charge in [0, 0.05) is 12.7 Å². The van der Waals surface area contributed by atoms with E-state index in [1.165, 1.54) is 12.3 Å². The molecule has 1 rings (SSSR count). The van der Waals surface area contributed by atoms with E-state index in [1.807, 2.05) is 14.1 Å². The molecule has 100 valence electrons. The standard InChI is InChI=1S/C12H19ClN4O/c1-17(2)6-4-3-5-15-12(18)9-7-10(13)11(14)16-8-9/h7-8H,3-6H2,1-2H3,(H2,14,16)(H,15,18). The van der Waals surface area contributed by atoms with Crippen LogP contribution in [0, 0.1) is 0 Å². The quantitative estimate of drug-likeness (QED) is 0.767. The molecular weight excluding hydrogens is 252 g/mol. The number of hydrogen-bond acceptors (Lipinski definition) is 4. The van der Waals surface area contributed by atoms with Gasteiger partial charge in [0.05, 0.1) is 10.6 Å². The van der Waals surface area contributed by atoms with E-state index in [2.05, 4.69) is 15.2 Å². The first-order valence-corrected chi connectivity index (χ1v) is 6.22. The normalized spacial score (nSPS) is 10.7. The van der Waals surface area contributed by atoms with Gasteiger partial charge in [-0.25, -0.2) is 4.98 Å². The molecule has 0 fully saturated rings. The van der Waals surface area contributed by atoms with Gasteiger partial charge < -0.3 is 16.0 Å². The molecule has 1 heterocycles. The van der Waals surface area contributed by atoms with E-state index < -0.39 is 0 Å². The van der Waals surface area contributed by atoms with Gasteiger partial charge in [0.15, 0.2) is 0 Å². The number of anilines is 1. The minimum atomic E-state index is -0.172. The highest BCUT2D eigenvalue weighted by molar-refractivity contribution is 6.33. The fraction of sp³-hybridized carbons (Fsp3) is 0.500. The van der Waals surface area contributed by atoms with Gasteiger partial charge in [-0.05, 0) is 39.5 Å². The Hall–Kier alpha value is -1.33. The lowest BCUT2D eigenvalue weighted by Crippen LogP contribution is -2.25. The average molecular weight is 271 g/mol. The Morgan fingerprint density at radius 3 is 2.83 bits per heavy atom. The number of halogens is 1. The van der Waals surface area contributed by atoms with Crippen molar-refractivity contribution in [3.05, 3.63) is 22.8 Å². The second kappa shape index (κ2) is 7.18. The number of carbonyl (C=O) groups excluding carboxylic acids is 1. The van der Waals surface area contributed by atoms with Gasteiger partial charge in [0.25, 0.3) is 5.91 Å². The van der Waals surface area contributed by atoms with Crippen molar-refractivity contribution in [2.75, 3.05) is 32.9 Å². The number of rotatable bonds is 6. The summed E-state index contributed by atoms with van der Waals surface area (Å²) in [6, 6.07) is 1.53. The Morgan fingerprint density at radius 2 is 2.22 bits per heavy atom. The number of nitrogens with zero attached hydrogens (tertiary/aromatic N) is 2. The molecule has 0 aliphatic heterocycles. The second-order valence-corrected chi connectivity index (χ2v) is 4.76. The van der Waals surface area contributed by atoms with Crippen LogP contribution in [0.2, 0.25) is 5.02 Å². The number of nitrogens with two attached hydrogens (primary N) is 1. The fourth-order valence-corrected chi connectivity index (χ4v) is 1.60. The molecule has 5 nitrogen and oxygen atoms in total. The third-order valence-electron chi connectivity index (χ3n) is 2.45. The van der Waals surface area contributed by atoms with Crippen LogP contribution in [0.1, 0.15) is 23.2 Å². The van der Waals surface area contributed by atoms with Gasteiger partial charge in [-0.2, -0.15) is 0 Å². The minimum absolute atomic E-state index is 0.172. The lowest BCUT2D eigenvalue weighted by Gasteiger charge is -2.09. The summed E-state index contributed by atoms with van der Waals surface area (Å²) in [6.07, 6.45) is 3.42. The number of carbonyl (C=O) groups is 1. The average Bonchev–Trinajstić information content (AvgIpc) is 2.31. The summed E-state index contributed by atoms with van der Waals surface area (Å²) in [6.45, 7) is 1.67. The van der Waals surface area contributed by atoms with E-state index in [0.717, 1.165) is 19.4 Å². The number of nitrogen functional groups attached to an aromatic ring is 1. The van der Waals surface area contributed by atoms with Gasteiger partial charge in [0.1, 0.15) is 5.82 Å². The zero-order chi connectivity index (χ0) is 13.5. The Bertz CT molecular complexity index is 409. The van der Waals surface area contributed by atoms with Crippen LogP contribution in [0.25, 0.3) is 0 Å². The largest absolute Gasteiger partial charge is 0.382 e. The SMILES string of the molecule is CN(C)CCCCNC(=O)c1cnc(N)c(Cl)c1. The highest BCUT2D eigenvalue weighted by atomic mass is 35.5. The first-order valence-electron chi connectivity index (χ1n) is 5.84. The topological polar surface area (TPSA) is 71.2 Å². The molecule has 0 aliphatic rings. The monoisotopic (exact) mass is 270 g/mol. The van der Waals surface area contributed by atoms with Gasteiger partial charge >= 0.3 is 0 Å². The van der Waals surface area contributed by atoms with E-state index in [-0.39, 0.29) is 11.7 Å². The molecule has 1 aromatic heterocycles. The first kappa shape index (κ1) is 14.7. The smallest absolute Gasteiger partial charge is 0.252 e. The molecule has 0 radical (unpaired) electrons. The van der Waals surface area contributed by atoms with Crippen LogP contribution in [-0.2, 0) is 0 Å². The molecule has 0 aromatic carbocycles. The van der Waals surface area contributed by atoms with E-state index >= 15 is 0 Å². The summed E-state index contributed by atoms with van der Waals surface area (Å²) >= 11 is 5.80. The number of unbranched alkanes of at least 4 members (excludes halogenated alkanes) is 1. The third kappa shape index (κ3) is 4.89. The predicted molar refractivity (Wildman–Crippen MR) is 73.8 cm³/mol. The molecule has 0 atom stereocenters. The van der Waals surface area contributed by atoms with Crippen molar-refractivity contribution in [2.24, 2.45) is 0 Å². The molecule has 0 bridgehead atoms. The molecule has 0 unspecified atom stereocenters. The van der Waals surface area contributed by atoms with E-state index in [9.17, 15) is 4.79 Å². The Morgan fingerprint density at radius 1 is 1.50 bits per heavy atom. The zero-order valence-corrected chi connectivity index (χ0v) is 11.5. The number of amides is 1. The summed E-state index contributed by atoms with van der Waals surface area (Å²) in [5, 5.41) is 3.12. The van der Waals surface area contributed by atoms with E-state index in [4.69, 9.17) is 17.3 Å². The Balaban J connectivity index is 2.34. The van der Waals surface area contributed by atoms with Crippen molar-refractivity contribution < 1.29 is 4.79 Å². The maximum absolute atomic E-state index is 11.7. The molecular formula is C12H19ClN4O. The zero-order valence-electron chi connectivity index (χ0n) is 10.7. The van der Waals surface area contributed by atoms with Gasteiger partial charge in [-0.3, -0.25) is 4.79 Å². The van der Waals surface area contributed by atoms with Crippen LogP contribution in [0.4, 0.5) is 5.82 Å². The maximum atomic E-state index is 11.7. The predicted octanol–water partition coefficient (Wildman–Crippen LogP) is 1.39. The number of pyridine rings is 1. The van der Waals surface area contributed by atoms with Crippen molar-refractivity contribution >= 4 is 23.3 Å². The van der Waals surface area contributed by atoms with Gasteiger partial charge in [-0.15, -0.1) is 0 Å². The van der Waals surface area contributed by atoms with Crippen molar-refractivity contribution in [3.8, 4) is 0 Å². The van der Waals surface area contributed by atoms with Crippen molar-refractivity contribution in [1.82, 2.24) is 15.2 Å². The van der Waals surface area contributed by atoms with E-state index in [0.29, 0.717) is 17.1 Å². The molecule has 0 saturated heterocycles. The molecule has 0 aliphatic carbocycles. The third-order valence-corrected chi connectivity index (χ3v) is 2.75. The molecule has 0 spiro atoms. The van der Waals surface area contributed by atoms with Crippen molar-refractivity contribution in [3.63, 3.8) is 0 Å². The van der Waals surface area contributed by atoms with Gasteiger partial charge in [-0.1, -0.05) is 11.6 Å². The second-order valence-electron chi connectivity index (χ2n) is 4.36. The molecule has 0 saturated carbocycles. The maximum Gasteiger partial charge on any atom is 0.252 e. The molecule has 1 amide bonds. The molecule has 1 aromatic rings. The molecule has 18 heavy (non-hydrogen) atoms. The first-order chi connectivity index (χ1) is 8.50. The van der Waals surface area contributed by atoms with Crippen LogP contribution in [0.15, 0.2) is 12.3 Å². The van der Waals surface area contributed by atoms with Crippen LogP contribution >= 0.6 is 11.6 Å². The fourth-order valence-electron chi connectivity index (χ4n) is 1.43. The van der Waals surface area contributed by atoms with Crippen LogP contribution in [0.5, 0.6) is 0 Å². The van der Waals surface area contributed by atoms with Crippen molar-refractivity contribution in [1.29, 1.82) is 0 Å². The lowest BCUT2D eigenvalue weighted by atomic mass is 10.2. The summed E-state index contributed by atoms with van der Waals surface area (Å²) in [5.41, 5.74) is 5.91. The number of nitrogens with one attached hydrogen (secondary N) is 1. The molecule has 3 N–H and O–H groups in total. The van der Waals surface area contributed by atoms with Crippen LogP contribution in [-0.4, -0.2) is 43.0 Å². The Labute approximate surface area is 112 Å². The summed E-state index contributed by atoms with van der Waals surface area (Å²) < 4.78 is 0. The highest BCUT2D eigenvalue weighted by Crippen LogP contribution is 2.16. The number of aromatic nitrogens is 1. The van der Waals surface area contributed by atoms with E-state index in [1.54, 1.807) is 0 Å². The minimum Gasteiger partial charge on any atom is -0.382 e. The van der Waals surface area contributed by atoms with Crippen LogP contribution in [0.3, 0.4) is 0 Å². The lowest BCUT2D eigenvalue weighted by molar-refractivity contribution is 0.0952. The highest BCUT2D eigenvalue weighted by Gasteiger charge is 2.07. The number of hydrogen-bond donors (Lipinski definition) is 2. The van der Waals surface area contributed by atoms with Crippen molar-refractivity contribution in [2.45, 2.75) is 12.8 Å². The summed E-state index contributed by atoms with van der Waals surface area (Å²) in [4.78, 5) is 17.7. The summed E-state index contributed by atoms with van der Waals surface area (Å²) in [5.74, 6) is 0.0634. The Kier molecular flexibility index (Phi) is 5.88. The van der Waals surface area contributed by atoms with Gasteiger partial charge in [0.2, 0.25) is 0 Å².